The normalized spacial score (nSPS) is 12.7. The van der Waals surface area contributed by atoms with Crippen LogP contribution in [-0.4, -0.2) is 28.2 Å². The van der Waals surface area contributed by atoms with Gasteiger partial charge in [-0.2, -0.15) is 8.42 Å². The maximum absolute atomic E-state index is 12.6. The van der Waals surface area contributed by atoms with E-state index in [1.807, 2.05) is 13.0 Å². The van der Waals surface area contributed by atoms with Crippen molar-refractivity contribution >= 4 is 29.8 Å². The van der Waals surface area contributed by atoms with E-state index in [0.29, 0.717) is 11.6 Å². The van der Waals surface area contributed by atoms with Gasteiger partial charge in [0.25, 0.3) is 15.9 Å². The molecule has 0 spiro atoms. The van der Waals surface area contributed by atoms with E-state index < -0.39 is 18.1 Å². The zero-order valence-corrected chi connectivity index (χ0v) is 17.3. The molecule has 0 fully saturated rings. The van der Waals surface area contributed by atoms with Gasteiger partial charge in [0, 0.05) is 11.6 Å². The van der Waals surface area contributed by atoms with Crippen LogP contribution in [0.2, 0.25) is 25.7 Å². The number of nitrogens with zero attached hydrogens (tertiary/aromatic N) is 1. The molecule has 0 unspecified atom stereocenters. The molecule has 0 saturated carbocycles. The molecule has 1 amide bonds. The van der Waals surface area contributed by atoms with Crippen molar-refractivity contribution in [1.82, 2.24) is 5.32 Å². The lowest BCUT2D eigenvalue weighted by Crippen LogP contribution is -2.37. The Kier molecular flexibility index (Phi) is 6.15. The number of nitrogens with one attached hydrogen (secondary N) is 1. The van der Waals surface area contributed by atoms with Crippen molar-refractivity contribution in [2.45, 2.75) is 37.5 Å². The van der Waals surface area contributed by atoms with Crippen molar-refractivity contribution in [3.05, 3.63) is 65.7 Å². The van der Waals surface area contributed by atoms with Crippen LogP contribution in [0, 0.1) is 6.92 Å². The standard InChI is InChI=1S/C19H24N2O3SSi/c1-15-10-12-17(13-11-15)25(23,24)21-18(14-26(2,3)4)20-19(22)16-8-6-5-7-9-16/h5-13H,14H2,1-4H3,(H,20,21,22). The molecule has 0 radical (unpaired) electrons. The Morgan fingerprint density at radius 1 is 1.00 bits per heavy atom. The number of amides is 1. The van der Waals surface area contributed by atoms with E-state index in [-0.39, 0.29) is 16.6 Å². The van der Waals surface area contributed by atoms with Crippen LogP contribution in [0.15, 0.2) is 63.9 Å². The van der Waals surface area contributed by atoms with Crippen molar-refractivity contribution in [1.29, 1.82) is 0 Å². The average Bonchev–Trinajstić information content (AvgIpc) is 2.54. The zero-order valence-electron chi connectivity index (χ0n) is 15.5. The molecule has 138 valence electrons. The second-order valence-electron chi connectivity index (χ2n) is 7.38. The number of sulfonamides is 1. The lowest BCUT2D eigenvalue weighted by Gasteiger charge is -2.18. The summed E-state index contributed by atoms with van der Waals surface area (Å²) >= 11 is 0. The Bertz CT molecular complexity index is 900. The number of carbonyl (C=O) groups is 1. The smallest absolute Gasteiger partial charge is 0.283 e. The number of amidine groups is 1. The van der Waals surface area contributed by atoms with Crippen LogP contribution >= 0.6 is 0 Å². The van der Waals surface area contributed by atoms with Crippen molar-refractivity contribution in [2.24, 2.45) is 4.40 Å². The van der Waals surface area contributed by atoms with E-state index in [0.717, 1.165) is 5.56 Å². The van der Waals surface area contributed by atoms with Gasteiger partial charge in [0.15, 0.2) is 0 Å². The quantitative estimate of drug-likeness (QED) is 0.480. The minimum absolute atomic E-state index is 0.116. The molecule has 5 nitrogen and oxygen atoms in total. The van der Waals surface area contributed by atoms with E-state index in [9.17, 15) is 13.2 Å². The second kappa shape index (κ2) is 7.97. The first-order valence-corrected chi connectivity index (χ1v) is 13.5. The van der Waals surface area contributed by atoms with Gasteiger partial charge in [-0.1, -0.05) is 55.5 Å². The van der Waals surface area contributed by atoms with Crippen LogP contribution in [0.3, 0.4) is 0 Å². The summed E-state index contributed by atoms with van der Waals surface area (Å²) in [7, 11) is -5.59. The minimum atomic E-state index is -3.88. The third kappa shape index (κ3) is 5.93. The fourth-order valence-electron chi connectivity index (χ4n) is 2.30. The molecule has 0 atom stereocenters. The van der Waals surface area contributed by atoms with E-state index in [1.165, 1.54) is 12.1 Å². The summed E-state index contributed by atoms with van der Waals surface area (Å²) in [5.41, 5.74) is 1.43. The minimum Gasteiger partial charge on any atom is -0.310 e. The zero-order chi connectivity index (χ0) is 19.4. The number of hydrogen-bond donors (Lipinski definition) is 1. The molecule has 7 heteroatoms. The van der Waals surface area contributed by atoms with Gasteiger partial charge in [-0.15, -0.1) is 4.40 Å². The number of carbonyl (C=O) groups excluding carboxylic acids is 1. The first kappa shape index (κ1) is 20.1. The third-order valence-corrected chi connectivity index (χ3v) is 6.26. The van der Waals surface area contributed by atoms with E-state index >= 15 is 0 Å². The third-order valence-electron chi connectivity index (χ3n) is 3.54. The fraction of sp³-hybridized carbons (Fsp3) is 0.263. The highest BCUT2D eigenvalue weighted by Gasteiger charge is 2.22. The molecular weight excluding hydrogens is 364 g/mol. The average molecular weight is 389 g/mol. The summed E-state index contributed by atoms with van der Waals surface area (Å²) in [6.45, 7) is 8.16. The van der Waals surface area contributed by atoms with E-state index in [1.54, 1.807) is 36.4 Å². The first-order chi connectivity index (χ1) is 12.1. The summed E-state index contributed by atoms with van der Waals surface area (Å²) in [5.74, 6) is -0.166. The monoisotopic (exact) mass is 388 g/mol. The second-order valence-corrected chi connectivity index (χ2v) is 14.5. The summed E-state index contributed by atoms with van der Waals surface area (Å²) in [6.07, 6.45) is 0. The highest BCUT2D eigenvalue weighted by Crippen LogP contribution is 2.16. The predicted molar refractivity (Wildman–Crippen MR) is 108 cm³/mol. The molecule has 0 saturated heterocycles. The molecule has 0 heterocycles. The van der Waals surface area contributed by atoms with Gasteiger partial charge in [0.1, 0.15) is 5.84 Å². The molecule has 0 bridgehead atoms. The van der Waals surface area contributed by atoms with Gasteiger partial charge in [0.05, 0.1) is 13.0 Å². The summed E-state index contributed by atoms with van der Waals surface area (Å²) < 4.78 is 29.2. The lowest BCUT2D eigenvalue weighted by atomic mass is 10.2. The summed E-state index contributed by atoms with van der Waals surface area (Å²) in [6, 6.07) is 15.6. The Hall–Kier alpha value is -2.25. The van der Waals surface area contributed by atoms with Crippen molar-refractivity contribution in [2.75, 3.05) is 0 Å². The largest absolute Gasteiger partial charge is 0.310 e. The van der Waals surface area contributed by atoms with E-state index in [4.69, 9.17) is 0 Å². The van der Waals surface area contributed by atoms with Crippen LogP contribution in [0.25, 0.3) is 0 Å². The van der Waals surface area contributed by atoms with Gasteiger partial charge in [0.2, 0.25) is 0 Å². The Morgan fingerprint density at radius 2 is 1.58 bits per heavy atom. The molecule has 1 N–H and O–H groups in total. The molecule has 2 aromatic rings. The molecule has 0 aliphatic rings. The number of aryl methyl sites for hydroxylation is 1. The van der Waals surface area contributed by atoms with Crippen LogP contribution in [0.1, 0.15) is 15.9 Å². The Labute approximate surface area is 156 Å². The number of rotatable bonds is 5. The SMILES string of the molecule is Cc1ccc(S(=O)(=O)/N=C(\C[Si](C)(C)C)NC(=O)c2ccccc2)cc1. The Balaban J connectivity index is 2.35. The van der Waals surface area contributed by atoms with Crippen molar-refractivity contribution < 1.29 is 13.2 Å². The lowest BCUT2D eigenvalue weighted by molar-refractivity contribution is 0.0977. The van der Waals surface area contributed by atoms with Crippen LogP contribution in [0.4, 0.5) is 0 Å². The molecule has 0 aliphatic carbocycles. The van der Waals surface area contributed by atoms with Gasteiger partial charge in [-0.25, -0.2) is 0 Å². The van der Waals surface area contributed by atoms with Crippen molar-refractivity contribution in [3.8, 4) is 0 Å². The highest BCUT2D eigenvalue weighted by molar-refractivity contribution is 7.90. The molecule has 2 aromatic carbocycles. The maximum atomic E-state index is 12.6. The number of hydrogen-bond acceptors (Lipinski definition) is 3. The van der Waals surface area contributed by atoms with Gasteiger partial charge >= 0.3 is 0 Å². The van der Waals surface area contributed by atoms with Gasteiger partial charge in [-0.05, 0) is 31.2 Å². The van der Waals surface area contributed by atoms with Gasteiger partial charge in [-0.3, -0.25) is 4.79 Å². The van der Waals surface area contributed by atoms with Gasteiger partial charge < -0.3 is 5.32 Å². The predicted octanol–water partition coefficient (Wildman–Crippen LogP) is 3.85. The molecule has 0 aromatic heterocycles. The number of benzene rings is 2. The Morgan fingerprint density at radius 3 is 2.12 bits per heavy atom. The summed E-state index contributed by atoms with van der Waals surface area (Å²) in [5, 5.41) is 2.69. The molecule has 26 heavy (non-hydrogen) atoms. The van der Waals surface area contributed by atoms with Crippen LogP contribution in [-0.2, 0) is 10.0 Å². The topological polar surface area (TPSA) is 75.6 Å². The molecule has 2 rings (SSSR count). The first-order valence-electron chi connectivity index (χ1n) is 8.34. The molecular formula is C19H24N2O3SSi. The molecule has 0 aliphatic heterocycles. The van der Waals surface area contributed by atoms with Crippen LogP contribution in [0.5, 0.6) is 0 Å². The fourth-order valence-corrected chi connectivity index (χ4v) is 4.57. The van der Waals surface area contributed by atoms with Crippen molar-refractivity contribution in [3.63, 3.8) is 0 Å². The summed E-state index contributed by atoms with van der Waals surface area (Å²) in [4.78, 5) is 12.6. The maximum Gasteiger partial charge on any atom is 0.283 e. The van der Waals surface area contributed by atoms with E-state index in [2.05, 4.69) is 29.4 Å². The highest BCUT2D eigenvalue weighted by atomic mass is 32.2. The van der Waals surface area contributed by atoms with Crippen LogP contribution < -0.4 is 5.32 Å².